The molecule has 1 fully saturated rings. The van der Waals surface area contributed by atoms with Gasteiger partial charge in [-0.25, -0.2) is 0 Å². The zero-order valence-corrected chi connectivity index (χ0v) is 16.1. The number of halogens is 1. The molecule has 3 rings (SSSR count). The molecule has 0 spiro atoms. The van der Waals surface area contributed by atoms with Gasteiger partial charge in [0.25, 0.3) is 0 Å². The lowest BCUT2D eigenvalue weighted by Gasteiger charge is -2.24. The molecule has 1 aliphatic rings. The van der Waals surface area contributed by atoms with E-state index in [9.17, 15) is 0 Å². The van der Waals surface area contributed by atoms with Crippen LogP contribution < -0.4 is 10.6 Å². The van der Waals surface area contributed by atoms with E-state index in [4.69, 9.17) is 0 Å². The molecule has 1 aromatic heterocycles. The minimum absolute atomic E-state index is 0. The third kappa shape index (κ3) is 4.86. The number of nitrogens with one attached hydrogen (secondary N) is 3. The number of hydrogen-bond acceptors (Lipinski definition) is 1. The van der Waals surface area contributed by atoms with Crippen molar-refractivity contribution < 1.29 is 0 Å². The fourth-order valence-electron chi connectivity index (χ4n) is 3.29. The Morgan fingerprint density at radius 2 is 2.00 bits per heavy atom. The molecule has 5 heteroatoms. The summed E-state index contributed by atoms with van der Waals surface area (Å²) >= 11 is 0. The van der Waals surface area contributed by atoms with E-state index >= 15 is 0 Å². The van der Waals surface area contributed by atoms with E-state index in [1.807, 2.05) is 7.05 Å². The van der Waals surface area contributed by atoms with Crippen LogP contribution in [0.15, 0.2) is 35.5 Å². The third-order valence-corrected chi connectivity index (χ3v) is 4.53. The van der Waals surface area contributed by atoms with Gasteiger partial charge in [-0.05, 0) is 30.9 Å². The summed E-state index contributed by atoms with van der Waals surface area (Å²) in [5.74, 6) is 0.937. The van der Waals surface area contributed by atoms with Gasteiger partial charge in [-0.2, -0.15) is 0 Å². The van der Waals surface area contributed by atoms with Gasteiger partial charge < -0.3 is 15.6 Å². The van der Waals surface area contributed by atoms with E-state index in [1.54, 1.807) is 0 Å². The number of aromatic amines is 1. The van der Waals surface area contributed by atoms with Gasteiger partial charge in [0.15, 0.2) is 5.96 Å². The maximum Gasteiger partial charge on any atom is 0.191 e. The zero-order valence-electron chi connectivity index (χ0n) is 13.8. The summed E-state index contributed by atoms with van der Waals surface area (Å²) in [6, 6.07) is 9.05. The summed E-state index contributed by atoms with van der Waals surface area (Å²) in [6.07, 6.45) is 9.70. The van der Waals surface area contributed by atoms with Crippen molar-refractivity contribution in [2.45, 2.75) is 44.6 Å². The number of H-pyrrole nitrogens is 1. The molecular formula is C18H27IN4. The third-order valence-electron chi connectivity index (χ3n) is 4.53. The highest BCUT2D eigenvalue weighted by Crippen LogP contribution is 2.18. The summed E-state index contributed by atoms with van der Waals surface area (Å²) in [7, 11) is 1.85. The van der Waals surface area contributed by atoms with Crippen LogP contribution in [-0.4, -0.2) is 30.6 Å². The Kier molecular flexibility index (Phi) is 7.20. The topological polar surface area (TPSA) is 52.2 Å². The smallest absolute Gasteiger partial charge is 0.191 e. The molecule has 1 aliphatic carbocycles. The molecule has 0 unspecified atom stereocenters. The second-order valence-corrected chi connectivity index (χ2v) is 6.09. The Hall–Kier alpha value is -1.24. The predicted octanol–water partition coefficient (Wildman–Crippen LogP) is 3.83. The molecular weight excluding hydrogens is 399 g/mol. The van der Waals surface area contributed by atoms with Crippen molar-refractivity contribution in [2.24, 2.45) is 4.99 Å². The molecule has 0 amide bonds. The molecule has 0 bridgehead atoms. The van der Waals surface area contributed by atoms with Crippen molar-refractivity contribution in [3.63, 3.8) is 0 Å². The lowest BCUT2D eigenvalue weighted by molar-refractivity contribution is 0.410. The van der Waals surface area contributed by atoms with E-state index in [-0.39, 0.29) is 24.0 Å². The molecule has 2 aromatic rings. The molecule has 0 saturated heterocycles. The first-order valence-corrected chi connectivity index (χ1v) is 8.39. The van der Waals surface area contributed by atoms with Crippen LogP contribution in [0, 0.1) is 0 Å². The second-order valence-electron chi connectivity index (χ2n) is 6.09. The molecule has 0 radical (unpaired) electrons. The van der Waals surface area contributed by atoms with Gasteiger partial charge in [-0.3, -0.25) is 4.99 Å². The Bertz CT molecular complexity index is 629. The van der Waals surface area contributed by atoms with Crippen molar-refractivity contribution in [1.29, 1.82) is 0 Å². The van der Waals surface area contributed by atoms with Crippen LogP contribution in [0.5, 0.6) is 0 Å². The van der Waals surface area contributed by atoms with Gasteiger partial charge in [0.2, 0.25) is 0 Å². The highest BCUT2D eigenvalue weighted by Gasteiger charge is 2.14. The highest BCUT2D eigenvalue weighted by molar-refractivity contribution is 14.0. The van der Waals surface area contributed by atoms with Gasteiger partial charge in [0.1, 0.15) is 0 Å². The van der Waals surface area contributed by atoms with Gasteiger partial charge in [-0.1, -0.05) is 37.5 Å². The minimum atomic E-state index is 0. The van der Waals surface area contributed by atoms with Crippen molar-refractivity contribution in [3.8, 4) is 0 Å². The largest absolute Gasteiger partial charge is 0.361 e. The van der Waals surface area contributed by atoms with Crippen LogP contribution >= 0.6 is 24.0 Å². The zero-order chi connectivity index (χ0) is 15.2. The SMILES string of the molecule is CN=C(NCCc1c[nH]c2ccccc12)NC1CCCCC1.I. The number of fused-ring (bicyclic) bond motifs is 1. The number of rotatable bonds is 4. The summed E-state index contributed by atoms with van der Waals surface area (Å²) in [5, 5.41) is 8.32. The first kappa shape index (κ1) is 18.1. The summed E-state index contributed by atoms with van der Waals surface area (Å²) in [4.78, 5) is 7.68. The van der Waals surface area contributed by atoms with Crippen molar-refractivity contribution in [1.82, 2.24) is 15.6 Å². The molecule has 126 valence electrons. The average molecular weight is 426 g/mol. The summed E-state index contributed by atoms with van der Waals surface area (Å²) in [5.41, 5.74) is 2.57. The van der Waals surface area contributed by atoms with Crippen molar-refractivity contribution in [3.05, 3.63) is 36.0 Å². The standard InChI is InChI=1S/C18H26N4.HI/c1-19-18(22-15-7-3-2-4-8-15)20-12-11-14-13-21-17-10-6-5-9-16(14)17;/h5-6,9-10,13,15,21H,2-4,7-8,11-12H2,1H3,(H2,19,20,22);1H. The van der Waals surface area contributed by atoms with Crippen LogP contribution in [0.1, 0.15) is 37.7 Å². The van der Waals surface area contributed by atoms with Crippen LogP contribution in [-0.2, 0) is 6.42 Å². The first-order chi connectivity index (χ1) is 10.9. The number of aliphatic imine (C=N–C) groups is 1. The van der Waals surface area contributed by atoms with E-state index in [1.165, 1.54) is 48.6 Å². The van der Waals surface area contributed by atoms with E-state index in [0.717, 1.165) is 18.9 Å². The number of benzene rings is 1. The van der Waals surface area contributed by atoms with E-state index < -0.39 is 0 Å². The molecule has 4 nitrogen and oxygen atoms in total. The molecule has 23 heavy (non-hydrogen) atoms. The number of para-hydroxylation sites is 1. The van der Waals surface area contributed by atoms with Gasteiger partial charge in [0, 0.05) is 36.7 Å². The average Bonchev–Trinajstić information content (AvgIpc) is 2.98. The first-order valence-electron chi connectivity index (χ1n) is 8.39. The van der Waals surface area contributed by atoms with Crippen LogP contribution in [0.4, 0.5) is 0 Å². The quantitative estimate of drug-likeness (QED) is 0.396. The molecule has 1 heterocycles. The monoisotopic (exact) mass is 426 g/mol. The fourth-order valence-corrected chi connectivity index (χ4v) is 3.29. The second kappa shape index (κ2) is 9.15. The van der Waals surface area contributed by atoms with Gasteiger partial charge >= 0.3 is 0 Å². The number of guanidine groups is 1. The maximum atomic E-state index is 4.35. The number of hydrogen-bond donors (Lipinski definition) is 3. The Morgan fingerprint density at radius 3 is 2.78 bits per heavy atom. The predicted molar refractivity (Wildman–Crippen MR) is 109 cm³/mol. The molecule has 0 aliphatic heterocycles. The highest BCUT2D eigenvalue weighted by atomic mass is 127. The molecule has 3 N–H and O–H groups in total. The summed E-state index contributed by atoms with van der Waals surface area (Å²) < 4.78 is 0. The minimum Gasteiger partial charge on any atom is -0.361 e. The normalized spacial score (nSPS) is 16.1. The Labute approximate surface area is 155 Å². The lowest BCUT2D eigenvalue weighted by atomic mass is 9.96. The van der Waals surface area contributed by atoms with Gasteiger partial charge in [-0.15, -0.1) is 24.0 Å². The fraction of sp³-hybridized carbons (Fsp3) is 0.500. The van der Waals surface area contributed by atoms with Crippen LogP contribution in [0.2, 0.25) is 0 Å². The Balaban J connectivity index is 0.00000192. The lowest BCUT2D eigenvalue weighted by Crippen LogP contribution is -2.44. The van der Waals surface area contributed by atoms with Crippen molar-refractivity contribution >= 4 is 40.8 Å². The molecule has 1 saturated carbocycles. The molecule has 0 atom stereocenters. The Morgan fingerprint density at radius 1 is 1.22 bits per heavy atom. The van der Waals surface area contributed by atoms with Crippen LogP contribution in [0.25, 0.3) is 10.9 Å². The molecule has 1 aromatic carbocycles. The number of aromatic nitrogens is 1. The van der Waals surface area contributed by atoms with Gasteiger partial charge in [0.05, 0.1) is 0 Å². The van der Waals surface area contributed by atoms with Crippen molar-refractivity contribution in [2.75, 3.05) is 13.6 Å². The van der Waals surface area contributed by atoms with Crippen LogP contribution in [0.3, 0.4) is 0 Å². The number of nitrogens with zero attached hydrogens (tertiary/aromatic N) is 1. The maximum absolute atomic E-state index is 4.35. The van der Waals surface area contributed by atoms with E-state index in [2.05, 4.69) is 51.1 Å². The van der Waals surface area contributed by atoms with E-state index in [0.29, 0.717) is 6.04 Å². The summed E-state index contributed by atoms with van der Waals surface area (Å²) in [6.45, 7) is 0.897.